The molecular weight excluding hydrogens is 337 g/mol. The van der Waals surface area contributed by atoms with Crippen molar-refractivity contribution in [1.29, 1.82) is 0 Å². The van der Waals surface area contributed by atoms with Crippen molar-refractivity contribution in [2.24, 2.45) is 5.73 Å². The van der Waals surface area contributed by atoms with Crippen LogP contribution in [0.3, 0.4) is 0 Å². The molecule has 3 N–H and O–H groups in total. The second-order valence-electron chi connectivity index (χ2n) is 4.34. The van der Waals surface area contributed by atoms with E-state index in [0.717, 1.165) is 18.9 Å². The molecule has 0 unspecified atom stereocenters. The van der Waals surface area contributed by atoms with Gasteiger partial charge in [0.2, 0.25) is 5.91 Å². The van der Waals surface area contributed by atoms with Crippen LogP contribution in [0.25, 0.3) is 0 Å². The van der Waals surface area contributed by atoms with Crippen molar-refractivity contribution in [2.45, 2.75) is 31.9 Å². The highest BCUT2D eigenvalue weighted by atomic mass is 79.9. The number of alkyl halides is 3. The minimum absolute atomic E-state index is 0.0501. The Morgan fingerprint density at radius 1 is 1.25 bits per heavy atom. The number of halogens is 4. The fraction of sp³-hybridized carbons (Fsp3) is 0.462. The minimum atomic E-state index is -4.46. The van der Waals surface area contributed by atoms with Gasteiger partial charge in [-0.1, -0.05) is 22.4 Å². The van der Waals surface area contributed by atoms with Crippen molar-refractivity contribution in [3.8, 4) is 0 Å². The molecular formula is C13H16BrF3N2O. The van der Waals surface area contributed by atoms with Gasteiger partial charge in [-0.3, -0.25) is 4.79 Å². The van der Waals surface area contributed by atoms with Crippen molar-refractivity contribution >= 4 is 27.5 Å². The lowest BCUT2D eigenvalue weighted by Crippen LogP contribution is -2.13. The molecule has 1 aromatic carbocycles. The quantitative estimate of drug-likeness (QED) is 0.762. The molecule has 0 radical (unpaired) electrons. The lowest BCUT2D eigenvalue weighted by atomic mass is 10.1. The molecule has 0 aliphatic heterocycles. The van der Waals surface area contributed by atoms with Crippen LogP contribution in [-0.2, 0) is 11.0 Å². The molecule has 0 atom stereocenters. The zero-order valence-corrected chi connectivity index (χ0v) is 12.4. The Bertz CT molecular complexity index is 463. The maximum atomic E-state index is 12.7. The Labute approximate surface area is 123 Å². The summed E-state index contributed by atoms with van der Waals surface area (Å²) in [6.45, 7) is 0.573. The number of nitrogens with one attached hydrogen (secondary N) is 1. The van der Waals surface area contributed by atoms with Crippen LogP contribution >= 0.6 is 15.9 Å². The molecule has 0 aliphatic rings. The molecule has 1 aromatic rings. The average Bonchev–Trinajstić information content (AvgIpc) is 2.36. The Balaban J connectivity index is 2.62. The summed E-state index contributed by atoms with van der Waals surface area (Å²) in [5.41, 5.74) is 4.66. The van der Waals surface area contributed by atoms with Crippen molar-refractivity contribution in [2.75, 3.05) is 11.9 Å². The molecule has 0 aliphatic carbocycles. The first kappa shape index (κ1) is 17.0. The first-order valence-corrected chi connectivity index (χ1v) is 7.00. The van der Waals surface area contributed by atoms with Crippen LogP contribution < -0.4 is 11.1 Å². The van der Waals surface area contributed by atoms with Crippen LogP contribution in [0.2, 0.25) is 0 Å². The second kappa shape index (κ2) is 7.64. The average molecular weight is 353 g/mol. The molecule has 112 valence electrons. The normalized spacial score (nSPS) is 11.4. The smallest absolute Gasteiger partial charge is 0.330 e. The van der Waals surface area contributed by atoms with E-state index in [1.807, 2.05) is 0 Å². The van der Waals surface area contributed by atoms with E-state index in [0.29, 0.717) is 13.0 Å². The van der Waals surface area contributed by atoms with Crippen LogP contribution in [0.1, 0.15) is 31.2 Å². The zero-order valence-electron chi connectivity index (χ0n) is 10.8. The molecule has 0 bridgehead atoms. The Morgan fingerprint density at radius 2 is 1.95 bits per heavy atom. The number of hydrogen-bond acceptors (Lipinski definition) is 2. The number of anilines is 1. The van der Waals surface area contributed by atoms with E-state index in [4.69, 9.17) is 5.73 Å². The molecule has 20 heavy (non-hydrogen) atoms. The third-order valence-corrected chi connectivity index (χ3v) is 3.35. The summed E-state index contributed by atoms with van der Waals surface area (Å²) in [6.07, 6.45) is -1.84. The minimum Gasteiger partial charge on any atom is -0.330 e. The molecule has 0 spiro atoms. The van der Waals surface area contributed by atoms with Gasteiger partial charge in [0.1, 0.15) is 0 Å². The van der Waals surface area contributed by atoms with Gasteiger partial charge < -0.3 is 11.1 Å². The van der Waals surface area contributed by atoms with Gasteiger partial charge in [-0.25, -0.2) is 0 Å². The molecule has 0 saturated carbocycles. The third kappa shape index (κ3) is 5.50. The standard InChI is InChI=1S/C13H16BrF3N2O/c14-11-6-5-9(8-10(11)13(15,16)17)19-12(20)4-2-1-3-7-18/h5-6,8H,1-4,7,18H2,(H,19,20). The fourth-order valence-corrected chi connectivity index (χ4v) is 2.12. The predicted octanol–water partition coefficient (Wildman–Crippen LogP) is 3.93. The number of hydrogen-bond donors (Lipinski definition) is 2. The second-order valence-corrected chi connectivity index (χ2v) is 5.19. The summed E-state index contributed by atoms with van der Waals surface area (Å²) in [5, 5.41) is 2.47. The molecule has 0 heterocycles. The van der Waals surface area contributed by atoms with E-state index in [1.54, 1.807) is 0 Å². The Hall–Kier alpha value is -1.08. The number of amides is 1. The number of nitrogens with two attached hydrogens (primary N) is 1. The molecule has 1 amide bonds. The lowest BCUT2D eigenvalue weighted by Gasteiger charge is -2.12. The van der Waals surface area contributed by atoms with Gasteiger partial charge in [-0.2, -0.15) is 13.2 Å². The number of unbranched alkanes of at least 4 members (excludes halogenated alkanes) is 2. The number of carbonyl (C=O) groups excluding carboxylic acids is 1. The number of carbonyl (C=O) groups is 1. The van der Waals surface area contributed by atoms with E-state index in [2.05, 4.69) is 21.2 Å². The van der Waals surface area contributed by atoms with Gasteiger partial charge in [-0.15, -0.1) is 0 Å². The van der Waals surface area contributed by atoms with Gasteiger partial charge in [0.25, 0.3) is 0 Å². The summed E-state index contributed by atoms with van der Waals surface area (Å²) >= 11 is 2.85. The van der Waals surface area contributed by atoms with E-state index in [9.17, 15) is 18.0 Å². The topological polar surface area (TPSA) is 55.1 Å². The number of rotatable bonds is 6. The van der Waals surface area contributed by atoms with Crippen LogP contribution in [0.4, 0.5) is 18.9 Å². The van der Waals surface area contributed by atoms with Crippen molar-refractivity contribution < 1.29 is 18.0 Å². The zero-order chi connectivity index (χ0) is 15.2. The summed E-state index contributed by atoms with van der Waals surface area (Å²) in [7, 11) is 0. The van der Waals surface area contributed by atoms with Gasteiger partial charge >= 0.3 is 6.18 Å². The lowest BCUT2D eigenvalue weighted by molar-refractivity contribution is -0.138. The monoisotopic (exact) mass is 352 g/mol. The summed E-state index contributed by atoms with van der Waals surface area (Å²) in [5.74, 6) is -0.294. The third-order valence-electron chi connectivity index (χ3n) is 2.66. The number of benzene rings is 1. The Kier molecular flexibility index (Phi) is 6.48. The predicted molar refractivity (Wildman–Crippen MR) is 75.3 cm³/mol. The van der Waals surface area contributed by atoms with Gasteiger partial charge in [0, 0.05) is 16.6 Å². The fourth-order valence-electron chi connectivity index (χ4n) is 1.65. The van der Waals surface area contributed by atoms with Crippen molar-refractivity contribution in [1.82, 2.24) is 0 Å². The molecule has 3 nitrogen and oxygen atoms in total. The molecule has 0 aromatic heterocycles. The van der Waals surface area contributed by atoms with Crippen LogP contribution in [0.15, 0.2) is 22.7 Å². The van der Waals surface area contributed by atoms with Gasteiger partial charge in [0.05, 0.1) is 5.56 Å². The first-order valence-electron chi connectivity index (χ1n) is 6.21. The molecule has 0 fully saturated rings. The highest BCUT2D eigenvalue weighted by molar-refractivity contribution is 9.10. The summed E-state index contributed by atoms with van der Waals surface area (Å²) in [6, 6.07) is 3.62. The van der Waals surface area contributed by atoms with E-state index < -0.39 is 11.7 Å². The molecule has 1 rings (SSSR count). The summed E-state index contributed by atoms with van der Waals surface area (Å²) < 4.78 is 38.0. The van der Waals surface area contributed by atoms with Crippen LogP contribution in [0.5, 0.6) is 0 Å². The first-order chi connectivity index (χ1) is 9.34. The maximum absolute atomic E-state index is 12.7. The van der Waals surface area contributed by atoms with Gasteiger partial charge in [0.15, 0.2) is 0 Å². The summed E-state index contributed by atoms with van der Waals surface area (Å²) in [4.78, 5) is 11.6. The maximum Gasteiger partial charge on any atom is 0.417 e. The van der Waals surface area contributed by atoms with E-state index in [-0.39, 0.29) is 22.5 Å². The SMILES string of the molecule is NCCCCCC(=O)Nc1ccc(Br)c(C(F)(F)F)c1. The highest BCUT2D eigenvalue weighted by Crippen LogP contribution is 2.36. The van der Waals surface area contributed by atoms with Crippen LogP contribution in [0, 0.1) is 0 Å². The van der Waals surface area contributed by atoms with E-state index >= 15 is 0 Å². The molecule has 7 heteroatoms. The largest absolute Gasteiger partial charge is 0.417 e. The highest BCUT2D eigenvalue weighted by Gasteiger charge is 2.33. The van der Waals surface area contributed by atoms with E-state index in [1.165, 1.54) is 12.1 Å². The van der Waals surface area contributed by atoms with Crippen molar-refractivity contribution in [3.63, 3.8) is 0 Å². The Morgan fingerprint density at radius 3 is 2.55 bits per heavy atom. The van der Waals surface area contributed by atoms with Gasteiger partial charge in [-0.05, 0) is 37.6 Å². The van der Waals surface area contributed by atoms with Crippen molar-refractivity contribution in [3.05, 3.63) is 28.2 Å². The molecule has 0 saturated heterocycles. The van der Waals surface area contributed by atoms with Crippen LogP contribution in [-0.4, -0.2) is 12.5 Å².